The highest BCUT2D eigenvalue weighted by molar-refractivity contribution is 9.10. The summed E-state index contributed by atoms with van der Waals surface area (Å²) < 4.78 is 0.882. The Hall–Kier alpha value is -0.540. The van der Waals surface area contributed by atoms with E-state index < -0.39 is 0 Å². The van der Waals surface area contributed by atoms with E-state index in [1.807, 2.05) is 12.1 Å². The van der Waals surface area contributed by atoms with Crippen LogP contribution < -0.4 is 5.73 Å². The topological polar surface area (TPSA) is 46.2 Å². The monoisotopic (exact) mass is 227 g/mol. The lowest BCUT2D eigenvalue weighted by molar-refractivity contribution is 0.459. The highest BCUT2D eigenvalue weighted by Crippen LogP contribution is 2.46. The Morgan fingerprint density at radius 1 is 1.42 bits per heavy atom. The Kier molecular flexibility index (Phi) is 1.66. The van der Waals surface area contributed by atoms with E-state index >= 15 is 0 Å². The smallest absolute Gasteiger partial charge is 0.121 e. The highest BCUT2D eigenvalue weighted by Gasteiger charge is 2.41. The number of rotatable bonds is 1. The van der Waals surface area contributed by atoms with E-state index in [-0.39, 0.29) is 5.54 Å². The predicted molar refractivity (Wildman–Crippen MR) is 50.9 cm³/mol. The van der Waals surface area contributed by atoms with Crippen molar-refractivity contribution in [3.63, 3.8) is 0 Å². The molecule has 64 valence electrons. The number of nitrogens with two attached hydrogens (primary N) is 1. The third kappa shape index (κ3) is 1.23. The summed E-state index contributed by atoms with van der Waals surface area (Å²) in [7, 11) is 0. The van der Waals surface area contributed by atoms with Crippen LogP contribution in [0.4, 0.5) is 0 Å². The lowest BCUT2D eigenvalue weighted by atomic mass is 10.1. The molecule has 0 bridgehead atoms. The van der Waals surface area contributed by atoms with E-state index in [1.54, 1.807) is 6.07 Å². The molecule has 1 aliphatic carbocycles. The first-order valence-electron chi connectivity index (χ1n) is 3.90. The zero-order valence-corrected chi connectivity index (χ0v) is 8.13. The van der Waals surface area contributed by atoms with Crippen LogP contribution in [0.3, 0.4) is 0 Å². The van der Waals surface area contributed by atoms with Gasteiger partial charge in [0.05, 0.1) is 0 Å². The molecule has 0 amide bonds. The van der Waals surface area contributed by atoms with Crippen LogP contribution in [-0.2, 0) is 5.54 Å². The molecule has 2 nitrogen and oxygen atoms in total. The molecule has 12 heavy (non-hydrogen) atoms. The maximum atomic E-state index is 9.56. The van der Waals surface area contributed by atoms with Gasteiger partial charge in [-0.1, -0.05) is 22.0 Å². The molecule has 0 saturated heterocycles. The average Bonchev–Trinajstić information content (AvgIpc) is 2.68. The van der Waals surface area contributed by atoms with Gasteiger partial charge in [-0.3, -0.25) is 0 Å². The molecule has 0 radical (unpaired) electrons. The molecule has 0 spiro atoms. The minimum atomic E-state index is -0.245. The lowest BCUT2D eigenvalue weighted by Gasteiger charge is -2.10. The number of hydrogen-bond donors (Lipinski definition) is 2. The Bertz CT molecular complexity index is 320. The summed E-state index contributed by atoms with van der Waals surface area (Å²) in [5.41, 5.74) is 6.56. The molecule has 3 N–H and O–H groups in total. The Balaban J connectivity index is 2.45. The number of phenolic OH excluding ortho intramolecular Hbond substituents is 1. The van der Waals surface area contributed by atoms with Crippen LogP contribution in [-0.4, -0.2) is 5.11 Å². The number of phenols is 1. The maximum Gasteiger partial charge on any atom is 0.121 e. The Labute approximate surface area is 79.5 Å². The first-order valence-corrected chi connectivity index (χ1v) is 4.69. The van der Waals surface area contributed by atoms with E-state index in [4.69, 9.17) is 5.73 Å². The van der Waals surface area contributed by atoms with Crippen LogP contribution in [0, 0.1) is 0 Å². The van der Waals surface area contributed by atoms with Gasteiger partial charge in [-0.25, -0.2) is 0 Å². The maximum absolute atomic E-state index is 9.56. The first-order chi connectivity index (χ1) is 5.62. The summed E-state index contributed by atoms with van der Waals surface area (Å²) in [6.45, 7) is 0. The molecule has 2 rings (SSSR count). The largest absolute Gasteiger partial charge is 0.508 e. The van der Waals surface area contributed by atoms with Crippen molar-refractivity contribution < 1.29 is 5.11 Å². The molecule has 1 fully saturated rings. The standard InChI is InChI=1S/C9H10BrNO/c10-6-1-2-7(8(12)5-6)9(11)3-4-9/h1-2,5,12H,3-4,11H2. The van der Waals surface area contributed by atoms with Crippen molar-refractivity contribution in [3.8, 4) is 5.75 Å². The van der Waals surface area contributed by atoms with Crippen molar-refractivity contribution in [2.75, 3.05) is 0 Å². The summed E-state index contributed by atoms with van der Waals surface area (Å²) in [6.07, 6.45) is 1.95. The second-order valence-electron chi connectivity index (χ2n) is 3.32. The van der Waals surface area contributed by atoms with Gasteiger partial charge in [-0.15, -0.1) is 0 Å². The van der Waals surface area contributed by atoms with Crippen molar-refractivity contribution in [2.45, 2.75) is 18.4 Å². The molecule has 1 aliphatic rings. The van der Waals surface area contributed by atoms with Gasteiger partial charge < -0.3 is 10.8 Å². The fourth-order valence-electron chi connectivity index (χ4n) is 1.33. The zero-order valence-electron chi connectivity index (χ0n) is 6.55. The summed E-state index contributed by atoms with van der Waals surface area (Å²) >= 11 is 3.28. The molecule has 0 heterocycles. The van der Waals surface area contributed by atoms with E-state index in [2.05, 4.69) is 15.9 Å². The third-order valence-corrected chi connectivity index (χ3v) is 2.78. The zero-order chi connectivity index (χ0) is 8.77. The molecule has 1 aromatic carbocycles. The average molecular weight is 228 g/mol. The second kappa shape index (κ2) is 2.47. The molecule has 0 atom stereocenters. The van der Waals surface area contributed by atoms with Gasteiger partial charge in [0.2, 0.25) is 0 Å². The summed E-state index contributed by atoms with van der Waals surface area (Å²) in [6, 6.07) is 5.47. The molecule has 0 aromatic heterocycles. The van der Waals surface area contributed by atoms with E-state index in [0.29, 0.717) is 5.75 Å². The van der Waals surface area contributed by atoms with Crippen LogP contribution in [0.25, 0.3) is 0 Å². The molecule has 3 heteroatoms. The molecule has 1 aromatic rings. The molecule has 0 aliphatic heterocycles. The molecular weight excluding hydrogens is 218 g/mol. The normalized spacial score (nSPS) is 19.2. The fourth-order valence-corrected chi connectivity index (χ4v) is 1.68. The summed E-state index contributed by atoms with van der Waals surface area (Å²) in [5.74, 6) is 0.296. The lowest BCUT2D eigenvalue weighted by Crippen LogP contribution is -2.18. The Morgan fingerprint density at radius 2 is 2.08 bits per heavy atom. The van der Waals surface area contributed by atoms with Crippen molar-refractivity contribution in [1.82, 2.24) is 0 Å². The van der Waals surface area contributed by atoms with Crippen molar-refractivity contribution >= 4 is 15.9 Å². The molecule has 0 unspecified atom stereocenters. The summed E-state index contributed by atoms with van der Waals surface area (Å²) in [5, 5.41) is 9.56. The van der Waals surface area contributed by atoms with Gasteiger partial charge in [-0.2, -0.15) is 0 Å². The van der Waals surface area contributed by atoms with Crippen LogP contribution in [0.5, 0.6) is 5.75 Å². The van der Waals surface area contributed by atoms with Crippen molar-refractivity contribution in [3.05, 3.63) is 28.2 Å². The van der Waals surface area contributed by atoms with Crippen molar-refractivity contribution in [1.29, 1.82) is 0 Å². The third-order valence-electron chi connectivity index (χ3n) is 2.28. The van der Waals surface area contributed by atoms with Crippen LogP contribution >= 0.6 is 15.9 Å². The summed E-state index contributed by atoms with van der Waals surface area (Å²) in [4.78, 5) is 0. The fraction of sp³-hybridized carbons (Fsp3) is 0.333. The number of benzene rings is 1. The quantitative estimate of drug-likeness (QED) is 0.773. The van der Waals surface area contributed by atoms with Crippen LogP contribution in [0.15, 0.2) is 22.7 Å². The van der Waals surface area contributed by atoms with Crippen molar-refractivity contribution in [2.24, 2.45) is 5.73 Å². The Morgan fingerprint density at radius 3 is 2.58 bits per heavy atom. The number of halogens is 1. The van der Waals surface area contributed by atoms with E-state index in [0.717, 1.165) is 22.9 Å². The van der Waals surface area contributed by atoms with Gasteiger partial charge >= 0.3 is 0 Å². The van der Waals surface area contributed by atoms with Gasteiger partial charge in [0.1, 0.15) is 5.75 Å². The van der Waals surface area contributed by atoms with Gasteiger partial charge in [0.25, 0.3) is 0 Å². The van der Waals surface area contributed by atoms with Crippen LogP contribution in [0.1, 0.15) is 18.4 Å². The van der Waals surface area contributed by atoms with Crippen LogP contribution in [0.2, 0.25) is 0 Å². The number of hydrogen-bond acceptors (Lipinski definition) is 2. The molecule has 1 saturated carbocycles. The predicted octanol–water partition coefficient (Wildman–Crippen LogP) is 2.10. The van der Waals surface area contributed by atoms with E-state index in [9.17, 15) is 5.11 Å². The van der Waals surface area contributed by atoms with E-state index in [1.165, 1.54) is 0 Å². The minimum Gasteiger partial charge on any atom is -0.508 e. The van der Waals surface area contributed by atoms with Gasteiger partial charge in [0, 0.05) is 15.6 Å². The van der Waals surface area contributed by atoms with Gasteiger partial charge in [-0.05, 0) is 25.0 Å². The first kappa shape index (κ1) is 8.08. The SMILES string of the molecule is NC1(c2ccc(Br)cc2O)CC1. The van der Waals surface area contributed by atoms with Gasteiger partial charge in [0.15, 0.2) is 0 Å². The second-order valence-corrected chi connectivity index (χ2v) is 4.23. The molecular formula is C9H10BrNO. The highest BCUT2D eigenvalue weighted by atomic mass is 79.9. The minimum absolute atomic E-state index is 0.245. The number of aromatic hydroxyl groups is 1.